The predicted molar refractivity (Wildman–Crippen MR) is 121 cm³/mol. The Bertz CT molecular complexity index is 957. The van der Waals surface area contributed by atoms with Crippen molar-refractivity contribution in [3.05, 3.63) is 68.4 Å². The van der Waals surface area contributed by atoms with Gasteiger partial charge < -0.3 is 4.74 Å². The Balaban J connectivity index is 1.80. The van der Waals surface area contributed by atoms with Crippen molar-refractivity contribution < 1.29 is 4.74 Å². The van der Waals surface area contributed by atoms with Crippen LogP contribution in [0.4, 0.5) is 0 Å². The van der Waals surface area contributed by atoms with Gasteiger partial charge in [-0.15, -0.1) is 10.2 Å². The van der Waals surface area contributed by atoms with Gasteiger partial charge in [-0.1, -0.05) is 46.7 Å². The van der Waals surface area contributed by atoms with Crippen molar-refractivity contribution in [3.8, 4) is 5.75 Å². The molecule has 5 nitrogen and oxygen atoms in total. The average molecular weight is 524 g/mol. The topological polar surface area (TPSA) is 52.3 Å². The van der Waals surface area contributed by atoms with Gasteiger partial charge in [0.2, 0.25) is 5.16 Å². The summed E-state index contributed by atoms with van der Waals surface area (Å²) in [6, 6.07) is 14.1. The number of aryl methyl sites for hydroxylation is 1. The number of nitrogens with zero attached hydrogens (tertiary/aromatic N) is 4. The molecule has 1 aromatic heterocycles. The third kappa shape index (κ3) is 5.46. The number of rotatable bonds is 8. The lowest BCUT2D eigenvalue weighted by molar-refractivity contribution is 0.412. The number of thioether (sulfide) groups is 1. The molecule has 0 aliphatic rings. The first-order valence-corrected chi connectivity index (χ1v) is 11.4. The van der Waals surface area contributed by atoms with E-state index < -0.39 is 0 Å². The van der Waals surface area contributed by atoms with E-state index in [0.29, 0.717) is 0 Å². The zero-order valence-electron chi connectivity index (χ0n) is 15.6. The molecular formula is C20H20Br2N4OS. The molecule has 0 fully saturated rings. The minimum atomic E-state index is 0.787. The molecule has 3 aromatic rings. The van der Waals surface area contributed by atoms with Crippen molar-refractivity contribution in [2.75, 3.05) is 7.11 Å². The van der Waals surface area contributed by atoms with Gasteiger partial charge in [0.05, 0.1) is 17.8 Å². The van der Waals surface area contributed by atoms with Crippen LogP contribution in [0.3, 0.4) is 0 Å². The van der Waals surface area contributed by atoms with Gasteiger partial charge >= 0.3 is 0 Å². The highest BCUT2D eigenvalue weighted by Gasteiger charge is 2.12. The molecule has 0 aliphatic heterocycles. The van der Waals surface area contributed by atoms with Crippen molar-refractivity contribution in [1.29, 1.82) is 0 Å². The molecule has 0 amide bonds. The van der Waals surface area contributed by atoms with Gasteiger partial charge in [-0.3, -0.25) is 0 Å². The average Bonchev–Trinajstić information content (AvgIpc) is 3.08. The lowest BCUT2D eigenvalue weighted by Gasteiger charge is -2.05. The highest BCUT2D eigenvalue weighted by Crippen LogP contribution is 2.26. The first-order chi connectivity index (χ1) is 13.6. The van der Waals surface area contributed by atoms with Crippen LogP contribution in [0.15, 0.2) is 61.7 Å². The number of aromatic nitrogens is 3. The van der Waals surface area contributed by atoms with Gasteiger partial charge in [-0.05, 0) is 63.8 Å². The van der Waals surface area contributed by atoms with Crippen molar-refractivity contribution in [2.45, 2.75) is 30.7 Å². The van der Waals surface area contributed by atoms with Crippen LogP contribution in [-0.4, -0.2) is 28.2 Å². The van der Waals surface area contributed by atoms with E-state index in [1.807, 2.05) is 41.2 Å². The number of hydrogen-bond donors (Lipinski definition) is 0. The summed E-state index contributed by atoms with van der Waals surface area (Å²) in [7, 11) is 1.65. The molecule has 0 saturated carbocycles. The monoisotopic (exact) mass is 522 g/mol. The fraction of sp³-hybridized carbons (Fsp3) is 0.250. The zero-order valence-corrected chi connectivity index (χ0v) is 19.6. The van der Waals surface area contributed by atoms with Crippen molar-refractivity contribution >= 4 is 49.8 Å². The number of benzene rings is 2. The maximum Gasteiger partial charge on any atom is 0.212 e. The normalized spacial score (nSPS) is 11.3. The summed E-state index contributed by atoms with van der Waals surface area (Å²) in [6.07, 6.45) is 3.63. The summed E-state index contributed by atoms with van der Waals surface area (Å²) < 4.78 is 9.08. The summed E-state index contributed by atoms with van der Waals surface area (Å²) in [5.74, 6) is 2.46. The Morgan fingerprint density at radius 2 is 1.93 bits per heavy atom. The second kappa shape index (κ2) is 10.2. The van der Waals surface area contributed by atoms with Crippen LogP contribution in [0.5, 0.6) is 5.75 Å². The standard InChI is InChI=1S/C20H20Br2N4OS/c1-3-4-19-24-25-20(28-13-14-5-8-16(21)9-6-14)26(19)23-12-15-7-10-18(27-2)17(22)11-15/h5-12H,3-4,13H2,1-2H3/b23-12+. The van der Waals surface area contributed by atoms with Crippen LogP contribution in [0.1, 0.15) is 30.3 Å². The third-order valence-electron chi connectivity index (χ3n) is 3.93. The third-order valence-corrected chi connectivity index (χ3v) is 6.07. The van der Waals surface area contributed by atoms with Crippen LogP contribution in [0.2, 0.25) is 0 Å². The summed E-state index contributed by atoms with van der Waals surface area (Å²) in [5.41, 5.74) is 2.19. The summed E-state index contributed by atoms with van der Waals surface area (Å²) in [6.45, 7) is 2.12. The Kier molecular flexibility index (Phi) is 7.70. The molecule has 146 valence electrons. The van der Waals surface area contributed by atoms with E-state index in [4.69, 9.17) is 4.74 Å². The number of halogens is 2. The van der Waals surface area contributed by atoms with E-state index in [9.17, 15) is 0 Å². The Morgan fingerprint density at radius 3 is 2.61 bits per heavy atom. The molecule has 0 bridgehead atoms. The summed E-state index contributed by atoms with van der Waals surface area (Å²) in [4.78, 5) is 0. The van der Waals surface area contributed by atoms with Crippen molar-refractivity contribution in [1.82, 2.24) is 14.9 Å². The van der Waals surface area contributed by atoms with Gasteiger partial charge in [-0.25, -0.2) is 0 Å². The minimum absolute atomic E-state index is 0.787. The van der Waals surface area contributed by atoms with E-state index in [1.165, 1.54) is 5.56 Å². The van der Waals surface area contributed by atoms with Crippen LogP contribution in [-0.2, 0) is 12.2 Å². The minimum Gasteiger partial charge on any atom is -0.496 e. The Labute approximate surface area is 185 Å². The SMILES string of the molecule is CCCc1nnc(SCc2ccc(Br)cc2)n1/N=C/c1ccc(OC)c(Br)c1. The van der Waals surface area contributed by atoms with Crippen LogP contribution >= 0.6 is 43.6 Å². The van der Waals surface area contributed by atoms with Crippen LogP contribution in [0, 0.1) is 0 Å². The second-order valence-electron chi connectivity index (χ2n) is 6.01. The molecule has 0 saturated heterocycles. The summed E-state index contributed by atoms with van der Waals surface area (Å²) in [5, 5.41) is 14.1. The largest absolute Gasteiger partial charge is 0.496 e. The van der Waals surface area contributed by atoms with Gasteiger partial charge in [0.25, 0.3) is 0 Å². The lowest BCUT2D eigenvalue weighted by atomic mass is 10.2. The van der Waals surface area contributed by atoms with Crippen LogP contribution < -0.4 is 4.74 Å². The molecular weight excluding hydrogens is 504 g/mol. The fourth-order valence-corrected chi connectivity index (χ4v) is 4.18. The molecule has 3 rings (SSSR count). The molecule has 0 spiro atoms. The van der Waals surface area contributed by atoms with Crippen molar-refractivity contribution in [2.24, 2.45) is 5.10 Å². The smallest absolute Gasteiger partial charge is 0.212 e. The van der Waals surface area contributed by atoms with Gasteiger partial charge in [0, 0.05) is 16.6 Å². The number of methoxy groups -OCH3 is 1. The summed E-state index contributed by atoms with van der Waals surface area (Å²) >= 11 is 8.60. The van der Waals surface area contributed by atoms with Crippen LogP contribution in [0.25, 0.3) is 0 Å². The molecule has 8 heteroatoms. The maximum absolute atomic E-state index is 5.28. The zero-order chi connectivity index (χ0) is 19.9. The molecule has 0 radical (unpaired) electrons. The maximum atomic E-state index is 5.28. The van der Waals surface area contributed by atoms with E-state index >= 15 is 0 Å². The van der Waals surface area contributed by atoms with E-state index in [2.05, 4.69) is 66.2 Å². The van der Waals surface area contributed by atoms with Gasteiger partial charge in [0.1, 0.15) is 5.75 Å². The lowest BCUT2D eigenvalue weighted by Crippen LogP contribution is -2.00. The fourth-order valence-electron chi connectivity index (χ4n) is 2.50. The molecule has 1 heterocycles. The highest BCUT2D eigenvalue weighted by atomic mass is 79.9. The van der Waals surface area contributed by atoms with E-state index in [0.717, 1.165) is 49.8 Å². The van der Waals surface area contributed by atoms with Gasteiger partial charge in [0.15, 0.2) is 5.82 Å². The number of hydrogen-bond acceptors (Lipinski definition) is 5. The number of ether oxygens (including phenoxy) is 1. The quantitative estimate of drug-likeness (QED) is 0.271. The molecule has 0 atom stereocenters. The first-order valence-electron chi connectivity index (χ1n) is 8.80. The van der Waals surface area contributed by atoms with E-state index in [1.54, 1.807) is 18.9 Å². The first kappa shape index (κ1) is 21.1. The van der Waals surface area contributed by atoms with E-state index in [-0.39, 0.29) is 0 Å². The molecule has 0 aliphatic carbocycles. The molecule has 0 unspecified atom stereocenters. The molecule has 2 aromatic carbocycles. The van der Waals surface area contributed by atoms with Crippen molar-refractivity contribution in [3.63, 3.8) is 0 Å². The highest BCUT2D eigenvalue weighted by molar-refractivity contribution is 9.10. The van der Waals surface area contributed by atoms with Gasteiger partial charge in [-0.2, -0.15) is 9.78 Å². The Hall–Kier alpha value is -1.64. The Morgan fingerprint density at radius 1 is 1.14 bits per heavy atom. The predicted octanol–water partition coefficient (Wildman–Crippen LogP) is 5.94. The molecule has 28 heavy (non-hydrogen) atoms. The second-order valence-corrected chi connectivity index (χ2v) is 8.73. The molecule has 0 N–H and O–H groups in total.